The molecule has 4 saturated carbocycles. The van der Waals surface area contributed by atoms with Gasteiger partial charge in [-0.25, -0.2) is 0 Å². The van der Waals surface area contributed by atoms with E-state index in [4.69, 9.17) is 9.47 Å². The van der Waals surface area contributed by atoms with Crippen LogP contribution in [0.4, 0.5) is 0 Å². The maximum Gasteiger partial charge on any atom is 0.316 e. The van der Waals surface area contributed by atoms with Crippen LogP contribution in [-0.4, -0.2) is 24.6 Å². The summed E-state index contributed by atoms with van der Waals surface area (Å²) in [4.78, 5) is 24.4. The molecule has 1 saturated heterocycles. The summed E-state index contributed by atoms with van der Waals surface area (Å²) < 4.78 is 10.8. The monoisotopic (exact) mass is 250 g/mol. The number of carbonyl (C=O) groups excluding carboxylic acids is 2. The molecule has 5 fully saturated rings. The van der Waals surface area contributed by atoms with E-state index in [1.54, 1.807) is 0 Å². The lowest BCUT2D eigenvalue weighted by Crippen LogP contribution is -2.60. The van der Waals surface area contributed by atoms with Crippen molar-refractivity contribution in [2.45, 2.75) is 39.7 Å². The Bertz CT molecular complexity index is 486. The van der Waals surface area contributed by atoms with Crippen LogP contribution in [0.3, 0.4) is 0 Å². The van der Waals surface area contributed by atoms with Crippen molar-refractivity contribution in [1.29, 1.82) is 0 Å². The molecule has 3 unspecified atom stereocenters. The summed E-state index contributed by atoms with van der Waals surface area (Å²) >= 11 is 0. The van der Waals surface area contributed by atoms with Gasteiger partial charge in [0.15, 0.2) is 0 Å². The van der Waals surface area contributed by atoms with E-state index in [1.165, 1.54) is 0 Å². The molecule has 4 heteroatoms. The standard InChI is InChI=1S/C14H18O4/c1-4-17-11(16)14-6-5-12(2)7-8(13(12,14)3)10(15)18-9(7)14/h7-9H,4-6H2,1-3H3/t7?,8?,9?,12-,13-,14-/m1/s1. The van der Waals surface area contributed by atoms with E-state index < -0.39 is 5.41 Å². The lowest BCUT2D eigenvalue weighted by molar-refractivity contribution is -0.196. The molecule has 0 radical (unpaired) electrons. The van der Waals surface area contributed by atoms with Crippen molar-refractivity contribution in [1.82, 2.24) is 0 Å². The molecule has 0 aromatic heterocycles. The minimum Gasteiger partial charge on any atom is -0.465 e. The van der Waals surface area contributed by atoms with Crippen LogP contribution >= 0.6 is 0 Å². The van der Waals surface area contributed by atoms with E-state index in [-0.39, 0.29) is 40.7 Å². The fourth-order valence-corrected chi connectivity index (χ4v) is 5.96. The first kappa shape index (κ1) is 10.8. The Morgan fingerprint density at radius 2 is 2.17 bits per heavy atom. The Labute approximate surface area is 106 Å². The first-order valence-corrected chi connectivity index (χ1v) is 6.83. The molecular formula is C14H18O4. The molecule has 1 heterocycles. The van der Waals surface area contributed by atoms with Crippen molar-refractivity contribution in [3.63, 3.8) is 0 Å². The molecule has 4 nitrogen and oxygen atoms in total. The van der Waals surface area contributed by atoms with E-state index in [0.717, 1.165) is 12.8 Å². The summed E-state index contributed by atoms with van der Waals surface area (Å²) in [7, 11) is 0. The zero-order valence-corrected chi connectivity index (χ0v) is 11.0. The smallest absolute Gasteiger partial charge is 0.316 e. The van der Waals surface area contributed by atoms with Crippen LogP contribution in [0.2, 0.25) is 0 Å². The molecule has 6 bridgehead atoms. The molecule has 98 valence electrons. The van der Waals surface area contributed by atoms with Crippen LogP contribution in [-0.2, 0) is 19.1 Å². The molecule has 6 atom stereocenters. The highest BCUT2D eigenvalue weighted by Gasteiger charge is 2.95. The van der Waals surface area contributed by atoms with Gasteiger partial charge in [-0.1, -0.05) is 13.8 Å². The Kier molecular flexibility index (Phi) is 1.57. The molecule has 1 aliphatic heterocycles. The summed E-state index contributed by atoms with van der Waals surface area (Å²) in [6.07, 6.45) is 1.60. The maximum absolute atomic E-state index is 12.5. The number of ether oxygens (including phenoxy) is 2. The Morgan fingerprint density at radius 3 is 2.78 bits per heavy atom. The number of esters is 2. The molecule has 5 rings (SSSR count). The van der Waals surface area contributed by atoms with Crippen LogP contribution in [0.1, 0.15) is 33.6 Å². The highest BCUT2D eigenvalue weighted by Crippen LogP contribution is 2.90. The Balaban J connectivity index is 1.88. The highest BCUT2D eigenvalue weighted by atomic mass is 16.6. The van der Waals surface area contributed by atoms with E-state index in [2.05, 4.69) is 13.8 Å². The Hall–Kier alpha value is -1.06. The van der Waals surface area contributed by atoms with Crippen molar-refractivity contribution in [2.24, 2.45) is 28.1 Å². The number of hydrogen-bond acceptors (Lipinski definition) is 4. The van der Waals surface area contributed by atoms with Crippen LogP contribution < -0.4 is 0 Å². The second-order valence-corrected chi connectivity index (χ2v) is 6.67. The molecule has 5 aliphatic rings. The van der Waals surface area contributed by atoms with E-state index in [1.807, 2.05) is 6.92 Å². The minimum absolute atomic E-state index is 0.0700. The van der Waals surface area contributed by atoms with E-state index in [9.17, 15) is 9.59 Å². The molecule has 0 N–H and O–H groups in total. The summed E-state index contributed by atoms with van der Waals surface area (Å²) in [5.41, 5.74) is -0.709. The molecule has 0 aromatic carbocycles. The number of hydrogen-bond donors (Lipinski definition) is 0. The third-order valence-electron chi connectivity index (χ3n) is 6.82. The number of rotatable bonds is 2. The second kappa shape index (κ2) is 2.61. The fraction of sp³-hybridized carbons (Fsp3) is 0.857. The zero-order valence-electron chi connectivity index (χ0n) is 11.0. The van der Waals surface area contributed by atoms with Crippen LogP contribution in [0.25, 0.3) is 0 Å². The molecule has 0 aromatic rings. The van der Waals surface area contributed by atoms with Gasteiger partial charge in [0.1, 0.15) is 11.5 Å². The Morgan fingerprint density at radius 1 is 1.44 bits per heavy atom. The average molecular weight is 250 g/mol. The summed E-state index contributed by atoms with van der Waals surface area (Å²) in [5, 5.41) is 0. The first-order valence-electron chi connectivity index (χ1n) is 6.83. The lowest BCUT2D eigenvalue weighted by atomic mass is 9.44. The third kappa shape index (κ3) is 0.648. The topological polar surface area (TPSA) is 52.6 Å². The van der Waals surface area contributed by atoms with Gasteiger partial charge in [-0.3, -0.25) is 9.59 Å². The third-order valence-corrected chi connectivity index (χ3v) is 6.82. The van der Waals surface area contributed by atoms with Crippen molar-refractivity contribution in [3.8, 4) is 0 Å². The van der Waals surface area contributed by atoms with Gasteiger partial charge in [0.25, 0.3) is 0 Å². The first-order chi connectivity index (χ1) is 8.45. The van der Waals surface area contributed by atoms with Crippen LogP contribution in [0, 0.1) is 28.1 Å². The minimum atomic E-state index is -0.555. The summed E-state index contributed by atoms with van der Waals surface area (Å²) in [5.74, 6) is -0.0573. The van der Waals surface area contributed by atoms with Crippen molar-refractivity contribution in [3.05, 3.63) is 0 Å². The predicted octanol–water partition coefficient (Wildman–Crippen LogP) is 1.53. The molecule has 4 aliphatic carbocycles. The SMILES string of the molecule is CCOC(=O)[C@@]12CC[C@]3(C)C4C(C(=O)OC41)[C@@]23C. The van der Waals surface area contributed by atoms with Crippen molar-refractivity contribution < 1.29 is 19.1 Å². The van der Waals surface area contributed by atoms with Gasteiger partial charge in [0.2, 0.25) is 0 Å². The van der Waals surface area contributed by atoms with Gasteiger partial charge >= 0.3 is 11.9 Å². The quantitative estimate of drug-likeness (QED) is 0.697. The summed E-state index contributed by atoms with van der Waals surface area (Å²) in [6, 6.07) is 0. The number of carbonyl (C=O) groups is 2. The zero-order chi connectivity index (χ0) is 12.9. The lowest BCUT2D eigenvalue weighted by Gasteiger charge is -2.56. The van der Waals surface area contributed by atoms with Gasteiger partial charge in [0, 0.05) is 11.3 Å². The predicted molar refractivity (Wildman–Crippen MR) is 61.4 cm³/mol. The fourth-order valence-electron chi connectivity index (χ4n) is 5.96. The second-order valence-electron chi connectivity index (χ2n) is 6.67. The molecule has 0 amide bonds. The van der Waals surface area contributed by atoms with Gasteiger partial charge in [-0.05, 0) is 25.2 Å². The van der Waals surface area contributed by atoms with Gasteiger partial charge in [-0.2, -0.15) is 0 Å². The normalized spacial score (nSPS) is 58.4. The van der Waals surface area contributed by atoms with Gasteiger partial charge in [0.05, 0.1) is 12.5 Å². The maximum atomic E-state index is 12.5. The average Bonchev–Trinajstić information content (AvgIpc) is 2.87. The van der Waals surface area contributed by atoms with E-state index in [0.29, 0.717) is 6.61 Å². The molecule has 0 spiro atoms. The van der Waals surface area contributed by atoms with Gasteiger partial charge in [-0.15, -0.1) is 0 Å². The largest absolute Gasteiger partial charge is 0.465 e. The van der Waals surface area contributed by atoms with E-state index >= 15 is 0 Å². The summed E-state index contributed by atoms with van der Waals surface area (Å²) in [6.45, 7) is 6.55. The molecule has 18 heavy (non-hydrogen) atoms. The van der Waals surface area contributed by atoms with Crippen molar-refractivity contribution >= 4 is 11.9 Å². The highest BCUT2D eigenvalue weighted by molar-refractivity contribution is 5.91. The molecular weight excluding hydrogens is 232 g/mol. The van der Waals surface area contributed by atoms with Crippen LogP contribution in [0.5, 0.6) is 0 Å². The van der Waals surface area contributed by atoms with Gasteiger partial charge < -0.3 is 9.47 Å². The van der Waals surface area contributed by atoms with Crippen molar-refractivity contribution in [2.75, 3.05) is 6.61 Å². The van der Waals surface area contributed by atoms with Crippen LogP contribution in [0.15, 0.2) is 0 Å².